The van der Waals surface area contributed by atoms with Gasteiger partial charge < -0.3 is 0 Å². The monoisotopic (exact) mass is 423 g/mol. The van der Waals surface area contributed by atoms with Crippen LogP contribution >= 0.6 is 22.9 Å². The van der Waals surface area contributed by atoms with E-state index in [2.05, 4.69) is 16.1 Å². The third kappa shape index (κ3) is 3.73. The molecule has 146 valence electrons. The molecule has 29 heavy (non-hydrogen) atoms. The van der Waals surface area contributed by atoms with Crippen LogP contribution in [0.1, 0.15) is 26.5 Å². The van der Waals surface area contributed by atoms with Crippen molar-refractivity contribution in [3.63, 3.8) is 0 Å². The maximum Gasteiger partial charge on any atom is 0.294 e. The van der Waals surface area contributed by atoms with Crippen LogP contribution in [0, 0.1) is 20.8 Å². The van der Waals surface area contributed by atoms with Crippen molar-refractivity contribution >= 4 is 38.9 Å². The van der Waals surface area contributed by atoms with E-state index in [-0.39, 0.29) is 17.9 Å². The second-order valence-electron chi connectivity index (χ2n) is 6.97. The number of hydrogen-bond donors (Lipinski definition) is 0. The normalized spacial score (nSPS) is 11.2. The van der Waals surface area contributed by atoms with E-state index in [0.29, 0.717) is 21.8 Å². The molecular weight excluding hydrogens is 406 g/mol. The van der Waals surface area contributed by atoms with Crippen LogP contribution in [-0.2, 0) is 6.54 Å². The lowest BCUT2D eigenvalue weighted by Gasteiger charge is -2.11. The molecule has 2 aromatic carbocycles. The summed E-state index contributed by atoms with van der Waals surface area (Å²) in [4.78, 5) is 30.1. The van der Waals surface area contributed by atoms with Gasteiger partial charge in [0.2, 0.25) is 0 Å². The molecule has 4 rings (SSSR count). The highest BCUT2D eigenvalue weighted by atomic mass is 35.5. The highest BCUT2D eigenvalue weighted by molar-refractivity contribution is 7.19. The van der Waals surface area contributed by atoms with Gasteiger partial charge >= 0.3 is 0 Å². The number of carbonyl (C=O) groups excluding carboxylic acids is 1. The van der Waals surface area contributed by atoms with E-state index in [1.165, 1.54) is 16.0 Å². The maximum atomic E-state index is 13.0. The topological polar surface area (TPSA) is 64.8 Å². The van der Waals surface area contributed by atoms with Crippen LogP contribution in [0.25, 0.3) is 21.5 Å². The number of hydrogen-bond acceptors (Lipinski definition) is 5. The van der Waals surface area contributed by atoms with Gasteiger partial charge in [0.1, 0.15) is 12.2 Å². The van der Waals surface area contributed by atoms with Crippen LogP contribution in [0.5, 0.6) is 0 Å². The van der Waals surface area contributed by atoms with Crippen molar-refractivity contribution in [1.29, 1.82) is 0 Å². The van der Waals surface area contributed by atoms with Gasteiger partial charge in [-0.3, -0.25) is 9.59 Å². The number of aryl methyl sites for hydroxylation is 3. The van der Waals surface area contributed by atoms with E-state index in [1.807, 2.05) is 32.9 Å². The zero-order valence-corrected chi connectivity index (χ0v) is 17.8. The zero-order valence-electron chi connectivity index (χ0n) is 16.2. The average Bonchev–Trinajstić information content (AvgIpc) is 3.07. The fraction of sp³-hybridized carbons (Fsp3) is 0.182. The quantitative estimate of drug-likeness (QED) is 0.434. The van der Waals surface area contributed by atoms with Gasteiger partial charge in [0.05, 0.1) is 9.71 Å². The third-order valence-electron chi connectivity index (χ3n) is 4.70. The molecule has 0 aliphatic rings. The first-order valence-electron chi connectivity index (χ1n) is 9.08. The molecule has 0 aliphatic heterocycles. The predicted octanol–water partition coefficient (Wildman–Crippen LogP) is 4.98. The largest absolute Gasteiger partial charge is 0.294 e. The molecule has 0 amide bonds. The number of aromatic nitrogens is 3. The van der Waals surface area contributed by atoms with Crippen molar-refractivity contribution in [2.24, 2.45) is 0 Å². The zero-order chi connectivity index (χ0) is 20.7. The van der Waals surface area contributed by atoms with Gasteiger partial charge in [-0.1, -0.05) is 35.4 Å². The maximum absolute atomic E-state index is 13.0. The van der Waals surface area contributed by atoms with E-state index in [1.54, 1.807) is 24.3 Å². The van der Waals surface area contributed by atoms with Crippen molar-refractivity contribution in [2.75, 3.05) is 0 Å². The van der Waals surface area contributed by atoms with E-state index >= 15 is 0 Å². The number of carbonyl (C=O) groups is 1. The molecule has 0 saturated heterocycles. The van der Waals surface area contributed by atoms with Crippen LogP contribution in [0.3, 0.4) is 0 Å². The van der Waals surface area contributed by atoms with Gasteiger partial charge in [-0.05, 0) is 50.6 Å². The van der Waals surface area contributed by atoms with E-state index < -0.39 is 0 Å². The number of thiazole rings is 1. The Labute approximate surface area is 176 Å². The molecule has 2 aromatic heterocycles. The molecule has 0 aliphatic carbocycles. The first-order chi connectivity index (χ1) is 13.8. The number of benzene rings is 2. The fourth-order valence-corrected chi connectivity index (χ4v) is 4.33. The van der Waals surface area contributed by atoms with Crippen molar-refractivity contribution in [3.8, 4) is 11.3 Å². The Balaban J connectivity index is 1.86. The smallest absolute Gasteiger partial charge is 0.292 e. The number of nitrogens with zero attached hydrogens (tertiary/aromatic N) is 3. The van der Waals surface area contributed by atoms with Crippen molar-refractivity contribution in [2.45, 2.75) is 27.3 Å². The predicted molar refractivity (Wildman–Crippen MR) is 117 cm³/mol. The summed E-state index contributed by atoms with van der Waals surface area (Å²) < 4.78 is 1.96. The molecule has 5 nitrogen and oxygen atoms in total. The molecule has 0 atom stereocenters. The minimum absolute atomic E-state index is 0.162. The van der Waals surface area contributed by atoms with Crippen molar-refractivity contribution in [3.05, 3.63) is 79.5 Å². The Kier molecular flexibility index (Phi) is 5.06. The lowest BCUT2D eigenvalue weighted by atomic mass is 10.0. The molecule has 0 saturated carbocycles. The lowest BCUT2D eigenvalue weighted by molar-refractivity contribution is 0.0966. The number of ketones is 1. The second kappa shape index (κ2) is 7.54. The van der Waals surface area contributed by atoms with Gasteiger partial charge in [-0.15, -0.1) is 11.3 Å². The molecule has 0 radical (unpaired) electrons. The molecular formula is C22H18ClN3O2S. The molecule has 0 fully saturated rings. The fourth-order valence-electron chi connectivity index (χ4n) is 3.29. The van der Waals surface area contributed by atoms with Gasteiger partial charge in [0.25, 0.3) is 5.56 Å². The van der Waals surface area contributed by atoms with E-state index in [4.69, 9.17) is 11.6 Å². The van der Waals surface area contributed by atoms with Crippen LogP contribution in [0.2, 0.25) is 5.02 Å². The summed E-state index contributed by atoms with van der Waals surface area (Å²) in [6, 6.07) is 12.7. The highest BCUT2D eigenvalue weighted by Crippen LogP contribution is 2.31. The minimum Gasteiger partial charge on any atom is -0.292 e. The minimum atomic E-state index is -0.361. The Morgan fingerprint density at radius 3 is 2.52 bits per heavy atom. The van der Waals surface area contributed by atoms with Gasteiger partial charge in [0.15, 0.2) is 11.3 Å². The van der Waals surface area contributed by atoms with Crippen LogP contribution < -0.4 is 5.56 Å². The van der Waals surface area contributed by atoms with Gasteiger partial charge in [-0.2, -0.15) is 5.10 Å². The summed E-state index contributed by atoms with van der Waals surface area (Å²) in [6.07, 6.45) is 0. The summed E-state index contributed by atoms with van der Waals surface area (Å²) in [7, 11) is 0. The first kappa shape index (κ1) is 19.5. The molecule has 7 heteroatoms. The summed E-state index contributed by atoms with van der Waals surface area (Å²) in [5, 5.41) is 5.92. The second-order valence-corrected chi connectivity index (χ2v) is 8.61. The number of halogens is 1. The third-order valence-corrected chi connectivity index (χ3v) is 5.93. The summed E-state index contributed by atoms with van der Waals surface area (Å²) in [5.41, 5.74) is 4.27. The number of Topliss-reactive ketones (excluding diaryl/α,β-unsaturated/α-hetero) is 1. The Hall–Kier alpha value is -2.83. The van der Waals surface area contributed by atoms with Gasteiger partial charge in [0, 0.05) is 16.1 Å². The lowest BCUT2D eigenvalue weighted by Crippen LogP contribution is -2.27. The molecule has 2 heterocycles. The van der Waals surface area contributed by atoms with Crippen LogP contribution in [0.15, 0.2) is 47.3 Å². The van der Waals surface area contributed by atoms with Crippen molar-refractivity contribution < 1.29 is 4.79 Å². The summed E-state index contributed by atoms with van der Waals surface area (Å²) in [5.74, 6) is -0.214. The van der Waals surface area contributed by atoms with Crippen LogP contribution in [-0.4, -0.2) is 20.5 Å². The number of fused-ring (bicyclic) bond motifs is 1. The van der Waals surface area contributed by atoms with Crippen molar-refractivity contribution in [1.82, 2.24) is 14.8 Å². The number of rotatable bonds is 4. The van der Waals surface area contributed by atoms with E-state index in [0.717, 1.165) is 26.4 Å². The Morgan fingerprint density at radius 1 is 1.10 bits per heavy atom. The molecule has 0 unspecified atom stereocenters. The Bertz CT molecular complexity index is 1310. The SMILES string of the molecule is Cc1ccc(-c2nn(CC(=O)c3ccc(Cl)cc3)c(=O)c3nc(C)sc23)c(C)c1. The first-order valence-corrected chi connectivity index (χ1v) is 10.3. The molecule has 4 aromatic rings. The van der Waals surface area contributed by atoms with Gasteiger partial charge in [-0.25, -0.2) is 9.67 Å². The standard InChI is InChI=1S/C22H18ClN3O2S/c1-12-4-9-17(13(2)10-12)19-21-20(24-14(3)29-21)22(28)26(25-19)11-18(27)15-5-7-16(23)8-6-15/h4-10H,11H2,1-3H3. The average molecular weight is 424 g/mol. The van der Waals surface area contributed by atoms with Crippen LogP contribution in [0.4, 0.5) is 0 Å². The summed E-state index contributed by atoms with van der Waals surface area (Å²) in [6.45, 7) is 5.74. The molecule has 0 spiro atoms. The highest BCUT2D eigenvalue weighted by Gasteiger charge is 2.19. The van der Waals surface area contributed by atoms with E-state index in [9.17, 15) is 9.59 Å². The molecule has 0 N–H and O–H groups in total. The Morgan fingerprint density at radius 2 is 1.83 bits per heavy atom. The summed E-state index contributed by atoms with van der Waals surface area (Å²) >= 11 is 7.34. The molecule has 0 bridgehead atoms.